The number of hydrogen-bond donors (Lipinski definition) is 1. The summed E-state index contributed by atoms with van der Waals surface area (Å²) in [6.45, 7) is 6.87. The number of amides is 1. The summed E-state index contributed by atoms with van der Waals surface area (Å²) in [6, 6.07) is 0.215. The summed E-state index contributed by atoms with van der Waals surface area (Å²) in [4.78, 5) is 24.7. The predicted octanol–water partition coefficient (Wildman–Crippen LogP) is 3.38. The number of halogens is 3. The molecule has 1 amide bonds. The van der Waals surface area contributed by atoms with E-state index in [0.717, 1.165) is 0 Å². The zero-order valence-electron chi connectivity index (χ0n) is 15.7. The van der Waals surface area contributed by atoms with E-state index in [2.05, 4.69) is 10.1 Å². The summed E-state index contributed by atoms with van der Waals surface area (Å²) in [5, 5.41) is 2.62. The molecule has 0 aliphatic carbocycles. The summed E-state index contributed by atoms with van der Waals surface area (Å²) < 4.78 is 52.7. The van der Waals surface area contributed by atoms with E-state index in [1.165, 1.54) is 11.8 Å². The van der Waals surface area contributed by atoms with E-state index in [0.29, 0.717) is 12.5 Å². The van der Waals surface area contributed by atoms with Crippen molar-refractivity contribution in [2.75, 3.05) is 24.6 Å². The maximum atomic E-state index is 14.4. The van der Waals surface area contributed by atoms with E-state index >= 15 is 0 Å². The van der Waals surface area contributed by atoms with Crippen LogP contribution in [0, 0.1) is 17.5 Å². The van der Waals surface area contributed by atoms with Gasteiger partial charge in [-0.25, -0.2) is 22.8 Å². The SMILES string of the molecule is CCOC(=O)c1cc(F)c(N2CC[C@H](NC(=O)OC(C)(C)C)C2)c(F)c1F. The van der Waals surface area contributed by atoms with Crippen LogP contribution in [0.3, 0.4) is 0 Å². The van der Waals surface area contributed by atoms with Crippen molar-refractivity contribution >= 4 is 17.7 Å². The van der Waals surface area contributed by atoms with E-state index in [9.17, 15) is 22.8 Å². The first kappa shape index (κ1) is 20.9. The van der Waals surface area contributed by atoms with E-state index in [1.54, 1.807) is 20.8 Å². The molecule has 9 heteroatoms. The first-order valence-corrected chi connectivity index (χ1v) is 8.62. The molecule has 150 valence electrons. The molecule has 27 heavy (non-hydrogen) atoms. The second kappa shape index (κ2) is 8.06. The zero-order chi connectivity index (χ0) is 20.4. The Morgan fingerprint density at radius 1 is 1.26 bits per heavy atom. The maximum Gasteiger partial charge on any atom is 0.407 e. The van der Waals surface area contributed by atoms with Gasteiger partial charge in [0.15, 0.2) is 17.5 Å². The summed E-state index contributed by atoms with van der Waals surface area (Å²) >= 11 is 0. The molecule has 1 atom stereocenters. The van der Waals surface area contributed by atoms with Crippen LogP contribution >= 0.6 is 0 Å². The highest BCUT2D eigenvalue weighted by Gasteiger charge is 2.32. The highest BCUT2D eigenvalue weighted by Crippen LogP contribution is 2.31. The van der Waals surface area contributed by atoms with Crippen molar-refractivity contribution in [1.29, 1.82) is 0 Å². The van der Waals surface area contributed by atoms with Gasteiger partial charge < -0.3 is 19.7 Å². The molecular formula is C18H23F3N2O4. The first-order valence-electron chi connectivity index (χ1n) is 8.62. The van der Waals surface area contributed by atoms with E-state index in [4.69, 9.17) is 4.74 Å². The molecule has 1 aromatic carbocycles. The second-order valence-electron chi connectivity index (χ2n) is 7.18. The van der Waals surface area contributed by atoms with E-state index < -0.39 is 52.4 Å². The number of esters is 1. The lowest BCUT2D eigenvalue weighted by Crippen LogP contribution is -2.40. The lowest BCUT2D eigenvalue weighted by molar-refractivity contribution is 0.0502. The Morgan fingerprint density at radius 3 is 2.52 bits per heavy atom. The summed E-state index contributed by atoms with van der Waals surface area (Å²) in [5.41, 5.74) is -2.04. The van der Waals surface area contributed by atoms with Gasteiger partial charge in [0, 0.05) is 13.1 Å². The number of benzene rings is 1. The molecule has 1 N–H and O–H groups in total. The average Bonchev–Trinajstić information content (AvgIpc) is 2.97. The molecule has 0 radical (unpaired) electrons. The first-order chi connectivity index (χ1) is 12.5. The molecular weight excluding hydrogens is 365 g/mol. The standard InChI is InChI=1S/C18H23F3N2O4/c1-5-26-16(24)11-8-12(19)15(14(21)13(11)20)23-7-6-10(9-23)22-17(25)27-18(2,3)4/h8,10H,5-7,9H2,1-4H3,(H,22,25)/t10-/m0/s1. The van der Waals surface area contributed by atoms with Gasteiger partial charge >= 0.3 is 12.1 Å². The number of nitrogens with zero attached hydrogens (tertiary/aromatic N) is 1. The van der Waals surface area contributed by atoms with Gasteiger partial charge in [0.05, 0.1) is 12.6 Å². The normalized spacial score (nSPS) is 17.0. The molecule has 0 spiro atoms. The highest BCUT2D eigenvalue weighted by molar-refractivity contribution is 5.90. The second-order valence-corrected chi connectivity index (χ2v) is 7.18. The number of rotatable bonds is 4. The minimum Gasteiger partial charge on any atom is -0.462 e. The van der Waals surface area contributed by atoms with Crippen molar-refractivity contribution in [2.45, 2.75) is 45.8 Å². The van der Waals surface area contributed by atoms with Crippen LogP contribution in [0.5, 0.6) is 0 Å². The molecule has 0 bridgehead atoms. The number of hydrogen-bond acceptors (Lipinski definition) is 5. The lowest BCUT2D eigenvalue weighted by atomic mass is 10.1. The Hall–Kier alpha value is -2.45. The molecule has 1 aromatic rings. The molecule has 1 aliphatic rings. The molecule has 1 fully saturated rings. The summed E-state index contributed by atoms with van der Waals surface area (Å²) in [6.07, 6.45) is -0.238. The Morgan fingerprint density at radius 2 is 1.93 bits per heavy atom. The van der Waals surface area contributed by atoms with Crippen LogP contribution in [0.1, 0.15) is 44.5 Å². The van der Waals surface area contributed by atoms with Crippen LogP contribution in [-0.4, -0.2) is 43.4 Å². The van der Waals surface area contributed by atoms with Gasteiger partial charge in [0.2, 0.25) is 0 Å². The van der Waals surface area contributed by atoms with Crippen LogP contribution in [0.25, 0.3) is 0 Å². The van der Waals surface area contributed by atoms with Gasteiger partial charge in [-0.2, -0.15) is 0 Å². The third-order valence-corrected chi connectivity index (χ3v) is 3.86. The van der Waals surface area contributed by atoms with Crippen molar-refractivity contribution in [3.63, 3.8) is 0 Å². The molecule has 1 heterocycles. The van der Waals surface area contributed by atoms with Gasteiger partial charge in [-0.3, -0.25) is 0 Å². The quantitative estimate of drug-likeness (QED) is 0.633. The Bertz CT molecular complexity index is 734. The largest absolute Gasteiger partial charge is 0.462 e. The van der Waals surface area contributed by atoms with Crippen LogP contribution in [0.2, 0.25) is 0 Å². The van der Waals surface area contributed by atoms with Gasteiger partial charge in [-0.05, 0) is 40.2 Å². The Balaban J connectivity index is 2.14. The minimum absolute atomic E-state index is 0.0482. The summed E-state index contributed by atoms with van der Waals surface area (Å²) in [5.74, 6) is -5.13. The zero-order valence-corrected chi connectivity index (χ0v) is 15.7. The fraction of sp³-hybridized carbons (Fsp3) is 0.556. The molecule has 0 saturated carbocycles. The van der Waals surface area contributed by atoms with E-state index in [-0.39, 0.29) is 19.7 Å². The summed E-state index contributed by atoms with van der Waals surface area (Å²) in [7, 11) is 0. The third kappa shape index (κ3) is 5.05. The van der Waals surface area contributed by atoms with Crippen LogP contribution in [0.4, 0.5) is 23.7 Å². The Labute approximate surface area is 155 Å². The number of alkyl carbamates (subject to hydrolysis) is 1. The maximum absolute atomic E-state index is 14.4. The van der Waals surface area contributed by atoms with Crippen molar-refractivity contribution in [1.82, 2.24) is 5.32 Å². The van der Waals surface area contributed by atoms with Crippen molar-refractivity contribution in [3.05, 3.63) is 29.1 Å². The third-order valence-electron chi connectivity index (χ3n) is 3.86. The molecule has 0 unspecified atom stereocenters. The fourth-order valence-electron chi connectivity index (χ4n) is 2.79. The van der Waals surface area contributed by atoms with Crippen LogP contribution in [0.15, 0.2) is 6.07 Å². The average molecular weight is 388 g/mol. The number of ether oxygens (including phenoxy) is 2. The van der Waals surface area contributed by atoms with Crippen molar-refractivity contribution in [2.24, 2.45) is 0 Å². The van der Waals surface area contributed by atoms with E-state index in [1.807, 2.05) is 0 Å². The van der Waals surface area contributed by atoms with Crippen molar-refractivity contribution in [3.8, 4) is 0 Å². The van der Waals surface area contributed by atoms with Crippen LogP contribution in [-0.2, 0) is 9.47 Å². The molecule has 6 nitrogen and oxygen atoms in total. The van der Waals surface area contributed by atoms with Gasteiger partial charge in [-0.15, -0.1) is 0 Å². The number of carbonyl (C=O) groups is 2. The fourth-order valence-corrected chi connectivity index (χ4v) is 2.79. The van der Waals surface area contributed by atoms with Gasteiger partial charge in [0.25, 0.3) is 0 Å². The molecule has 0 aromatic heterocycles. The molecule has 1 aliphatic heterocycles. The lowest BCUT2D eigenvalue weighted by Gasteiger charge is -2.23. The number of carbonyl (C=O) groups excluding carboxylic acids is 2. The highest BCUT2D eigenvalue weighted by atomic mass is 19.2. The topological polar surface area (TPSA) is 67.9 Å². The van der Waals surface area contributed by atoms with Gasteiger partial charge in [-0.1, -0.05) is 0 Å². The predicted molar refractivity (Wildman–Crippen MR) is 92.3 cm³/mol. The minimum atomic E-state index is -1.46. The number of anilines is 1. The Kier molecular flexibility index (Phi) is 6.22. The molecule has 2 rings (SSSR count). The number of nitrogens with one attached hydrogen (secondary N) is 1. The smallest absolute Gasteiger partial charge is 0.407 e. The van der Waals surface area contributed by atoms with Gasteiger partial charge in [0.1, 0.15) is 16.9 Å². The monoisotopic (exact) mass is 388 g/mol. The van der Waals surface area contributed by atoms with Crippen molar-refractivity contribution < 1.29 is 32.2 Å². The molecule has 1 saturated heterocycles. The van der Waals surface area contributed by atoms with Crippen LogP contribution < -0.4 is 10.2 Å².